The number of carbonyl (C=O) groups excluding carboxylic acids is 2. The Kier molecular flexibility index (Phi) is 3.51. The number of hydrogen-bond acceptors (Lipinski definition) is 6. The van der Waals surface area contributed by atoms with E-state index in [0.717, 1.165) is 0 Å². The molecular formula is C10H15NO5. The van der Waals surface area contributed by atoms with Crippen LogP contribution in [0.2, 0.25) is 0 Å². The van der Waals surface area contributed by atoms with Crippen molar-refractivity contribution >= 4 is 17.7 Å². The van der Waals surface area contributed by atoms with Gasteiger partial charge in [0.2, 0.25) is 0 Å². The van der Waals surface area contributed by atoms with E-state index in [4.69, 9.17) is 14.7 Å². The van der Waals surface area contributed by atoms with Gasteiger partial charge in [0.1, 0.15) is 0 Å². The molecule has 0 amide bonds. The summed E-state index contributed by atoms with van der Waals surface area (Å²) in [6.45, 7) is 4.60. The lowest BCUT2D eigenvalue weighted by Crippen LogP contribution is -2.46. The van der Waals surface area contributed by atoms with Crippen LogP contribution in [0.4, 0.5) is 0 Å². The van der Waals surface area contributed by atoms with E-state index in [2.05, 4.69) is 5.16 Å². The van der Waals surface area contributed by atoms with Crippen molar-refractivity contribution in [2.24, 2.45) is 11.1 Å². The standard InChI is InChI=1S/C10H15NO5/c1-6(11-14)4-5-7-8(12)15-10(2,3)16-9(7)13/h7,14H,4-5H2,1-3H3/b11-6+. The fourth-order valence-corrected chi connectivity index (χ4v) is 1.38. The predicted molar refractivity (Wildman–Crippen MR) is 53.9 cm³/mol. The second-order valence-electron chi connectivity index (χ2n) is 4.17. The van der Waals surface area contributed by atoms with E-state index in [1.54, 1.807) is 6.92 Å². The predicted octanol–water partition coefficient (Wildman–Crippen LogP) is 1.07. The molecular weight excluding hydrogens is 214 g/mol. The van der Waals surface area contributed by atoms with Gasteiger partial charge in [0.15, 0.2) is 5.92 Å². The maximum absolute atomic E-state index is 11.5. The summed E-state index contributed by atoms with van der Waals surface area (Å²) in [6.07, 6.45) is 0.565. The van der Waals surface area contributed by atoms with Gasteiger partial charge in [0, 0.05) is 13.8 Å². The number of hydrogen-bond donors (Lipinski definition) is 1. The zero-order chi connectivity index (χ0) is 12.3. The SMILES string of the molecule is C/C(CCC1C(=O)OC(C)(C)OC1=O)=N\O. The molecule has 0 aromatic heterocycles. The molecule has 0 aliphatic carbocycles. The van der Waals surface area contributed by atoms with Crippen molar-refractivity contribution in [2.45, 2.75) is 39.4 Å². The van der Waals surface area contributed by atoms with E-state index in [1.165, 1.54) is 13.8 Å². The van der Waals surface area contributed by atoms with E-state index >= 15 is 0 Å². The van der Waals surface area contributed by atoms with Crippen LogP contribution in [0.3, 0.4) is 0 Å². The van der Waals surface area contributed by atoms with Crippen molar-refractivity contribution in [3.63, 3.8) is 0 Å². The monoisotopic (exact) mass is 229 g/mol. The zero-order valence-corrected chi connectivity index (χ0v) is 9.52. The molecule has 0 aromatic carbocycles. The molecule has 1 rings (SSSR count). The van der Waals surface area contributed by atoms with Crippen molar-refractivity contribution in [2.75, 3.05) is 0 Å². The summed E-state index contributed by atoms with van der Waals surface area (Å²) in [6, 6.07) is 0. The van der Waals surface area contributed by atoms with Crippen LogP contribution >= 0.6 is 0 Å². The van der Waals surface area contributed by atoms with Crippen LogP contribution in [0.15, 0.2) is 5.16 Å². The average Bonchev–Trinajstić information content (AvgIpc) is 2.14. The number of rotatable bonds is 3. The summed E-state index contributed by atoms with van der Waals surface area (Å²) in [5.41, 5.74) is 0.449. The summed E-state index contributed by atoms with van der Waals surface area (Å²) in [7, 11) is 0. The molecule has 0 saturated carbocycles. The first-order valence-electron chi connectivity index (χ1n) is 4.99. The number of esters is 2. The van der Waals surface area contributed by atoms with Gasteiger partial charge >= 0.3 is 11.9 Å². The minimum Gasteiger partial charge on any atom is -0.422 e. The second-order valence-corrected chi connectivity index (χ2v) is 4.17. The van der Waals surface area contributed by atoms with Crippen LogP contribution < -0.4 is 0 Å². The maximum Gasteiger partial charge on any atom is 0.323 e. The lowest BCUT2D eigenvalue weighted by molar-refractivity contribution is -0.240. The quantitative estimate of drug-likeness (QED) is 0.257. The van der Waals surface area contributed by atoms with Gasteiger partial charge in [0.25, 0.3) is 5.79 Å². The Morgan fingerprint density at radius 2 is 1.88 bits per heavy atom. The molecule has 0 radical (unpaired) electrons. The van der Waals surface area contributed by atoms with Gasteiger partial charge in [-0.3, -0.25) is 9.59 Å². The second kappa shape index (κ2) is 4.51. The van der Waals surface area contributed by atoms with E-state index < -0.39 is 23.6 Å². The summed E-state index contributed by atoms with van der Waals surface area (Å²) in [5, 5.41) is 11.4. The van der Waals surface area contributed by atoms with E-state index in [9.17, 15) is 9.59 Å². The molecule has 1 aliphatic rings. The molecule has 1 N–H and O–H groups in total. The van der Waals surface area contributed by atoms with Crippen LogP contribution in [-0.2, 0) is 19.1 Å². The van der Waals surface area contributed by atoms with E-state index in [1.807, 2.05) is 0 Å². The summed E-state index contributed by atoms with van der Waals surface area (Å²) < 4.78 is 9.88. The number of cyclic esters (lactones) is 2. The van der Waals surface area contributed by atoms with Crippen LogP contribution in [0.5, 0.6) is 0 Å². The fraction of sp³-hybridized carbons (Fsp3) is 0.700. The van der Waals surface area contributed by atoms with E-state index in [0.29, 0.717) is 12.1 Å². The molecule has 0 aromatic rings. The molecule has 0 atom stereocenters. The van der Waals surface area contributed by atoms with Crippen molar-refractivity contribution in [1.82, 2.24) is 0 Å². The number of carbonyl (C=O) groups is 2. The Labute approximate surface area is 93.2 Å². The molecule has 6 heteroatoms. The van der Waals surface area contributed by atoms with Gasteiger partial charge in [-0.25, -0.2) is 0 Å². The highest BCUT2D eigenvalue weighted by molar-refractivity contribution is 5.97. The van der Waals surface area contributed by atoms with E-state index in [-0.39, 0.29) is 6.42 Å². The van der Waals surface area contributed by atoms with Crippen molar-refractivity contribution in [1.29, 1.82) is 0 Å². The van der Waals surface area contributed by atoms with Crippen LogP contribution in [0, 0.1) is 5.92 Å². The van der Waals surface area contributed by atoms with Gasteiger partial charge in [-0.2, -0.15) is 0 Å². The normalized spacial score (nSPS) is 21.6. The van der Waals surface area contributed by atoms with Gasteiger partial charge in [-0.1, -0.05) is 5.16 Å². The third kappa shape index (κ3) is 2.95. The smallest absolute Gasteiger partial charge is 0.323 e. The van der Waals surface area contributed by atoms with Crippen LogP contribution in [-0.4, -0.2) is 28.6 Å². The third-order valence-electron chi connectivity index (χ3n) is 2.23. The van der Waals surface area contributed by atoms with Gasteiger partial charge in [-0.15, -0.1) is 0 Å². The van der Waals surface area contributed by atoms with Crippen LogP contribution in [0.1, 0.15) is 33.6 Å². The lowest BCUT2D eigenvalue weighted by atomic mass is 10.0. The lowest BCUT2D eigenvalue weighted by Gasteiger charge is -2.32. The Hall–Kier alpha value is -1.59. The topological polar surface area (TPSA) is 85.2 Å². The Bertz CT molecular complexity index is 314. The first-order chi connectivity index (χ1) is 7.35. The highest BCUT2D eigenvalue weighted by atomic mass is 16.7. The highest BCUT2D eigenvalue weighted by Crippen LogP contribution is 2.25. The molecule has 0 bridgehead atoms. The Morgan fingerprint density at radius 1 is 1.38 bits per heavy atom. The molecule has 1 aliphatic heterocycles. The number of oxime groups is 1. The summed E-state index contributed by atoms with van der Waals surface area (Å²) in [4.78, 5) is 23.0. The largest absolute Gasteiger partial charge is 0.422 e. The summed E-state index contributed by atoms with van der Waals surface area (Å²) >= 11 is 0. The minimum atomic E-state index is -1.19. The minimum absolute atomic E-state index is 0.226. The molecule has 1 saturated heterocycles. The van der Waals surface area contributed by atoms with Crippen molar-refractivity contribution in [3.8, 4) is 0 Å². The average molecular weight is 229 g/mol. The first-order valence-corrected chi connectivity index (χ1v) is 4.99. The highest BCUT2D eigenvalue weighted by Gasteiger charge is 2.42. The van der Waals surface area contributed by atoms with Gasteiger partial charge in [-0.05, 0) is 19.8 Å². The maximum atomic E-state index is 11.5. The summed E-state index contributed by atoms with van der Waals surface area (Å²) in [5.74, 6) is -3.30. The Balaban J connectivity index is 2.62. The molecule has 6 nitrogen and oxygen atoms in total. The fourth-order valence-electron chi connectivity index (χ4n) is 1.38. The zero-order valence-electron chi connectivity index (χ0n) is 9.52. The molecule has 0 unspecified atom stereocenters. The first kappa shape index (κ1) is 12.5. The van der Waals surface area contributed by atoms with Crippen molar-refractivity contribution in [3.05, 3.63) is 0 Å². The molecule has 1 fully saturated rings. The molecule has 1 heterocycles. The van der Waals surface area contributed by atoms with Gasteiger partial charge in [0.05, 0.1) is 5.71 Å². The Morgan fingerprint density at radius 3 is 2.31 bits per heavy atom. The molecule has 16 heavy (non-hydrogen) atoms. The van der Waals surface area contributed by atoms with Crippen molar-refractivity contribution < 1.29 is 24.3 Å². The molecule has 90 valence electrons. The molecule has 0 spiro atoms. The number of nitrogens with zero attached hydrogens (tertiary/aromatic N) is 1. The number of ether oxygens (including phenoxy) is 2. The third-order valence-corrected chi connectivity index (χ3v) is 2.23. The van der Waals surface area contributed by atoms with Crippen LogP contribution in [0.25, 0.3) is 0 Å². The van der Waals surface area contributed by atoms with Gasteiger partial charge < -0.3 is 14.7 Å².